The highest BCUT2D eigenvalue weighted by Crippen LogP contribution is 2.35. The summed E-state index contributed by atoms with van der Waals surface area (Å²) in [4.78, 5) is 26.1. The quantitative estimate of drug-likeness (QED) is 0.521. The van der Waals surface area contributed by atoms with E-state index in [1.54, 1.807) is 38.8 Å². The fourth-order valence-electron chi connectivity index (χ4n) is 3.69. The molecule has 1 aliphatic heterocycles. The van der Waals surface area contributed by atoms with Crippen molar-refractivity contribution < 1.29 is 19.4 Å². The summed E-state index contributed by atoms with van der Waals surface area (Å²) in [7, 11) is 1.64. The number of methoxy groups -OCH3 is 1. The summed E-state index contributed by atoms with van der Waals surface area (Å²) < 4.78 is 12.6. The van der Waals surface area contributed by atoms with E-state index in [1.807, 2.05) is 19.9 Å². The predicted molar refractivity (Wildman–Crippen MR) is 130 cm³/mol. The van der Waals surface area contributed by atoms with Crippen molar-refractivity contribution >= 4 is 40.9 Å². The molecular formula is C23H28N6O4S. The number of aliphatic hydroxyl groups excluding tert-OH is 1. The highest BCUT2D eigenvalue weighted by Gasteiger charge is 2.24. The number of rotatable bonds is 5. The molecule has 1 amide bonds. The molecular weight excluding hydrogens is 456 g/mol. The van der Waals surface area contributed by atoms with E-state index in [9.17, 15) is 9.90 Å². The molecule has 0 radical (unpaired) electrons. The predicted octanol–water partition coefficient (Wildman–Crippen LogP) is 3.72. The lowest BCUT2D eigenvalue weighted by Gasteiger charge is -2.19. The van der Waals surface area contributed by atoms with Crippen LogP contribution < -0.4 is 10.1 Å². The molecule has 1 aliphatic rings. The van der Waals surface area contributed by atoms with E-state index in [-0.39, 0.29) is 12.6 Å². The number of nitrogens with zero attached hydrogens (tertiary/aromatic N) is 5. The Labute approximate surface area is 201 Å². The topological polar surface area (TPSA) is 124 Å². The molecule has 0 saturated heterocycles. The van der Waals surface area contributed by atoms with Crippen molar-refractivity contribution in [2.75, 3.05) is 24.8 Å². The number of carbonyl (C=O) groups excluding carboxylic acids is 1. The van der Waals surface area contributed by atoms with Crippen LogP contribution in [0.5, 0.6) is 5.75 Å². The van der Waals surface area contributed by atoms with Gasteiger partial charge in [-0.05, 0) is 46.3 Å². The maximum Gasteiger partial charge on any atom is 0.414 e. The normalized spacial score (nSPS) is 13.4. The Bertz CT molecular complexity index is 1300. The first kappa shape index (κ1) is 24.0. The zero-order chi connectivity index (χ0) is 24.6. The smallest absolute Gasteiger partial charge is 0.414 e. The molecule has 10 nitrogen and oxygen atoms in total. The molecule has 0 bridgehead atoms. The summed E-state index contributed by atoms with van der Waals surface area (Å²) in [5.74, 6) is 1.46. The van der Waals surface area contributed by atoms with E-state index in [2.05, 4.69) is 20.3 Å². The van der Waals surface area contributed by atoms with Gasteiger partial charge >= 0.3 is 6.09 Å². The molecule has 4 heterocycles. The SMILES string of the molecule is COc1c(C)cnc(Cn2nc3c4c(nc(NC(=O)OC(C)(C)C)nc42)SCC(CO)=C3)c1C. The van der Waals surface area contributed by atoms with E-state index in [1.165, 1.54) is 11.8 Å². The number of ether oxygens (including phenoxy) is 2. The zero-order valence-electron chi connectivity index (χ0n) is 20.1. The van der Waals surface area contributed by atoms with Crippen LogP contribution in [0.3, 0.4) is 0 Å². The monoisotopic (exact) mass is 484 g/mol. The number of thioether (sulfide) groups is 1. The molecule has 0 atom stereocenters. The number of anilines is 1. The minimum Gasteiger partial charge on any atom is -0.496 e. The van der Waals surface area contributed by atoms with Gasteiger partial charge in [-0.2, -0.15) is 10.1 Å². The minimum atomic E-state index is -0.655. The van der Waals surface area contributed by atoms with Crippen molar-refractivity contribution in [3.05, 3.63) is 34.3 Å². The summed E-state index contributed by atoms with van der Waals surface area (Å²) in [5.41, 5.74) is 4.04. The van der Waals surface area contributed by atoms with E-state index < -0.39 is 11.7 Å². The van der Waals surface area contributed by atoms with E-state index >= 15 is 0 Å². The number of hydrogen-bond acceptors (Lipinski definition) is 9. The van der Waals surface area contributed by atoms with Crippen LogP contribution in [0.15, 0.2) is 16.8 Å². The molecule has 34 heavy (non-hydrogen) atoms. The van der Waals surface area contributed by atoms with Gasteiger partial charge < -0.3 is 14.6 Å². The molecule has 3 aromatic rings. The van der Waals surface area contributed by atoms with Crippen LogP contribution in [0, 0.1) is 13.8 Å². The van der Waals surface area contributed by atoms with Gasteiger partial charge in [0.05, 0.1) is 37.0 Å². The molecule has 0 aliphatic carbocycles. The number of amides is 1. The third-order valence-electron chi connectivity index (χ3n) is 5.19. The first-order valence-corrected chi connectivity index (χ1v) is 11.8. The average molecular weight is 485 g/mol. The fourth-order valence-corrected chi connectivity index (χ4v) is 4.68. The summed E-state index contributed by atoms with van der Waals surface area (Å²) in [6, 6.07) is 0. The number of aliphatic hydroxyl groups is 1. The van der Waals surface area contributed by atoms with E-state index in [0.29, 0.717) is 28.7 Å². The van der Waals surface area contributed by atoms with Crippen LogP contribution in [0.1, 0.15) is 43.3 Å². The van der Waals surface area contributed by atoms with Gasteiger partial charge in [0.15, 0.2) is 5.65 Å². The van der Waals surface area contributed by atoms with Gasteiger partial charge in [0, 0.05) is 23.1 Å². The first-order valence-electron chi connectivity index (χ1n) is 10.8. The van der Waals surface area contributed by atoms with Crippen molar-refractivity contribution in [2.24, 2.45) is 0 Å². The average Bonchev–Trinajstić information content (AvgIpc) is 2.97. The molecule has 0 fully saturated rings. The maximum absolute atomic E-state index is 12.4. The third-order valence-corrected chi connectivity index (χ3v) is 6.27. The summed E-state index contributed by atoms with van der Waals surface area (Å²) in [5, 5.41) is 18.6. The van der Waals surface area contributed by atoms with Crippen LogP contribution in [-0.2, 0) is 11.3 Å². The van der Waals surface area contributed by atoms with Crippen molar-refractivity contribution in [1.82, 2.24) is 24.7 Å². The number of hydrogen-bond donors (Lipinski definition) is 2. The van der Waals surface area contributed by atoms with Gasteiger partial charge in [0.1, 0.15) is 16.4 Å². The van der Waals surface area contributed by atoms with Crippen LogP contribution >= 0.6 is 11.8 Å². The lowest BCUT2D eigenvalue weighted by atomic mass is 10.1. The Balaban J connectivity index is 1.81. The Hall–Kier alpha value is -3.18. The van der Waals surface area contributed by atoms with E-state index in [0.717, 1.165) is 33.5 Å². The van der Waals surface area contributed by atoms with E-state index in [4.69, 9.17) is 14.6 Å². The standard InChI is InChI=1S/C23H28N6O4S/c1-12-8-24-16(13(2)18(12)32-6)9-29-19-17-15(28-29)7-14(10-30)11-34-20(17)26-21(25-19)27-22(31)33-23(3,4)5/h7-8,30H,9-11H2,1-6H3,(H,25,26,27,31). The van der Waals surface area contributed by atoms with Crippen LogP contribution in [0.2, 0.25) is 0 Å². The number of carbonyl (C=O) groups is 1. The van der Waals surface area contributed by atoms with Crippen molar-refractivity contribution in [2.45, 2.75) is 51.8 Å². The van der Waals surface area contributed by atoms with Crippen molar-refractivity contribution in [3.8, 4) is 5.75 Å². The maximum atomic E-state index is 12.4. The largest absolute Gasteiger partial charge is 0.496 e. The van der Waals surface area contributed by atoms with Crippen LogP contribution in [0.4, 0.5) is 10.7 Å². The van der Waals surface area contributed by atoms with Gasteiger partial charge in [-0.15, -0.1) is 11.8 Å². The highest BCUT2D eigenvalue weighted by atomic mass is 32.2. The molecule has 3 aromatic heterocycles. The lowest BCUT2D eigenvalue weighted by Crippen LogP contribution is -2.28. The molecule has 11 heteroatoms. The van der Waals surface area contributed by atoms with Crippen LogP contribution in [0.25, 0.3) is 17.1 Å². The first-order chi connectivity index (χ1) is 16.1. The van der Waals surface area contributed by atoms with Gasteiger partial charge in [0.2, 0.25) is 5.95 Å². The molecule has 0 unspecified atom stereocenters. The van der Waals surface area contributed by atoms with Crippen molar-refractivity contribution in [1.29, 1.82) is 0 Å². The second-order valence-corrected chi connectivity index (χ2v) is 9.98. The minimum absolute atomic E-state index is 0.0817. The number of pyridine rings is 1. The molecule has 180 valence electrons. The highest BCUT2D eigenvalue weighted by molar-refractivity contribution is 7.99. The molecule has 0 saturated carbocycles. The van der Waals surface area contributed by atoms with Crippen molar-refractivity contribution in [3.63, 3.8) is 0 Å². The fraction of sp³-hybridized carbons (Fsp3) is 0.435. The Morgan fingerprint density at radius 2 is 2.06 bits per heavy atom. The number of aromatic nitrogens is 5. The molecule has 2 N–H and O–H groups in total. The summed E-state index contributed by atoms with van der Waals surface area (Å²) in [6.07, 6.45) is 2.99. The summed E-state index contributed by atoms with van der Waals surface area (Å²) >= 11 is 1.46. The summed E-state index contributed by atoms with van der Waals surface area (Å²) in [6.45, 7) is 9.52. The molecule has 0 spiro atoms. The second kappa shape index (κ2) is 9.22. The lowest BCUT2D eigenvalue weighted by molar-refractivity contribution is 0.0634. The van der Waals surface area contributed by atoms with Gasteiger partial charge in [-0.1, -0.05) is 0 Å². The molecule has 4 rings (SSSR count). The Kier molecular flexibility index (Phi) is 6.50. The van der Waals surface area contributed by atoms with Gasteiger partial charge in [-0.3, -0.25) is 10.3 Å². The Morgan fingerprint density at radius 1 is 1.29 bits per heavy atom. The van der Waals surface area contributed by atoms with Crippen LogP contribution in [-0.4, -0.2) is 61.0 Å². The van der Waals surface area contributed by atoms with Gasteiger partial charge in [0.25, 0.3) is 0 Å². The number of aryl methyl sites for hydroxylation is 1. The third kappa shape index (κ3) is 4.85. The molecule has 0 aromatic carbocycles. The zero-order valence-corrected chi connectivity index (χ0v) is 20.9. The van der Waals surface area contributed by atoms with Gasteiger partial charge in [-0.25, -0.2) is 14.5 Å². The second-order valence-electron chi connectivity index (χ2n) is 9.02. The Morgan fingerprint density at radius 3 is 2.74 bits per heavy atom. The number of nitrogens with one attached hydrogen (secondary N) is 1.